The van der Waals surface area contributed by atoms with Crippen molar-refractivity contribution in [2.75, 3.05) is 52.4 Å². The smallest absolute Gasteiger partial charge is 0.225 e. The van der Waals surface area contributed by atoms with Crippen molar-refractivity contribution < 1.29 is 9.59 Å². The number of carbonyl (C=O) groups is 2. The van der Waals surface area contributed by atoms with Gasteiger partial charge >= 0.3 is 0 Å². The molecule has 6 nitrogen and oxygen atoms in total. The van der Waals surface area contributed by atoms with Gasteiger partial charge in [0.2, 0.25) is 11.8 Å². The molecule has 152 valence electrons. The second-order valence-corrected chi connectivity index (χ2v) is 9.40. The molecule has 0 spiro atoms. The highest BCUT2D eigenvalue weighted by atomic mass is 16.2. The summed E-state index contributed by atoms with van der Waals surface area (Å²) in [5, 5.41) is 6.03. The first-order valence-corrected chi connectivity index (χ1v) is 10.0. The Labute approximate surface area is 160 Å². The van der Waals surface area contributed by atoms with Crippen LogP contribution in [0.25, 0.3) is 0 Å². The quantitative estimate of drug-likeness (QED) is 0.640. The minimum atomic E-state index is -0.308. The number of rotatable bonds is 8. The average molecular weight is 369 g/mol. The number of nitrogens with zero attached hydrogens (tertiary/aromatic N) is 2. The van der Waals surface area contributed by atoms with Crippen molar-refractivity contribution in [2.45, 2.75) is 54.4 Å². The van der Waals surface area contributed by atoms with Crippen molar-refractivity contribution in [3.63, 3.8) is 0 Å². The number of nitrogens with one attached hydrogen (secondary N) is 2. The fraction of sp³-hybridized carbons (Fsp3) is 0.900. The summed E-state index contributed by atoms with van der Waals surface area (Å²) in [5.41, 5.74) is -0.615. The van der Waals surface area contributed by atoms with E-state index in [2.05, 4.69) is 20.4 Å². The highest BCUT2D eigenvalue weighted by Crippen LogP contribution is 2.13. The zero-order valence-corrected chi connectivity index (χ0v) is 17.8. The van der Waals surface area contributed by atoms with Gasteiger partial charge in [-0.2, -0.15) is 0 Å². The van der Waals surface area contributed by atoms with Crippen LogP contribution in [-0.4, -0.2) is 74.0 Å². The van der Waals surface area contributed by atoms with Gasteiger partial charge in [0.1, 0.15) is 0 Å². The van der Waals surface area contributed by atoms with Crippen LogP contribution in [-0.2, 0) is 9.59 Å². The van der Waals surface area contributed by atoms with Crippen LogP contribution in [0.3, 0.4) is 0 Å². The molecule has 26 heavy (non-hydrogen) atoms. The van der Waals surface area contributed by atoms with Gasteiger partial charge < -0.3 is 20.4 Å². The molecule has 0 atom stereocenters. The topological polar surface area (TPSA) is 64.7 Å². The summed E-state index contributed by atoms with van der Waals surface area (Å²) in [6.07, 6.45) is 2.00. The van der Waals surface area contributed by atoms with Crippen LogP contribution in [0.2, 0.25) is 0 Å². The van der Waals surface area contributed by atoms with Crippen LogP contribution in [0.4, 0.5) is 0 Å². The van der Waals surface area contributed by atoms with Gasteiger partial charge in [-0.1, -0.05) is 41.5 Å². The molecule has 0 unspecified atom stereocenters. The predicted molar refractivity (Wildman–Crippen MR) is 107 cm³/mol. The number of carbonyl (C=O) groups excluding carboxylic acids is 2. The summed E-state index contributed by atoms with van der Waals surface area (Å²) in [7, 11) is 0. The molecular weight excluding hydrogens is 328 g/mol. The van der Waals surface area contributed by atoms with Crippen LogP contribution >= 0.6 is 0 Å². The molecule has 0 aromatic heterocycles. The standard InChI is InChI=1S/C20H40N4O2/c1-19(2,3)17(25)21-9-7-11-23-13-15-24(16-14-23)12-8-10-22-18(26)20(4,5)6/h7-16H2,1-6H3,(H,21,25)(H,22,26). The lowest BCUT2D eigenvalue weighted by Gasteiger charge is -2.34. The molecule has 1 rings (SSSR count). The molecule has 1 aliphatic heterocycles. The monoisotopic (exact) mass is 368 g/mol. The molecule has 1 fully saturated rings. The minimum absolute atomic E-state index is 0.126. The summed E-state index contributed by atoms with van der Waals surface area (Å²) in [4.78, 5) is 28.6. The number of hydrogen-bond donors (Lipinski definition) is 2. The van der Waals surface area contributed by atoms with E-state index in [1.165, 1.54) is 0 Å². The summed E-state index contributed by atoms with van der Waals surface area (Å²) in [6, 6.07) is 0. The second-order valence-electron chi connectivity index (χ2n) is 9.40. The van der Waals surface area contributed by atoms with Gasteiger partial charge in [-0.05, 0) is 25.9 Å². The molecule has 0 aromatic rings. The first-order valence-electron chi connectivity index (χ1n) is 10.0. The molecule has 0 radical (unpaired) electrons. The average Bonchev–Trinajstić information content (AvgIpc) is 2.54. The largest absolute Gasteiger partial charge is 0.356 e. The van der Waals surface area contributed by atoms with E-state index >= 15 is 0 Å². The SMILES string of the molecule is CC(C)(C)C(=O)NCCCN1CCN(CCCNC(=O)C(C)(C)C)CC1. The van der Waals surface area contributed by atoms with Crippen LogP contribution in [0.1, 0.15) is 54.4 Å². The van der Waals surface area contributed by atoms with E-state index in [1.54, 1.807) is 0 Å². The summed E-state index contributed by atoms with van der Waals surface area (Å²) < 4.78 is 0. The first-order chi connectivity index (χ1) is 12.0. The molecule has 0 bridgehead atoms. The normalized spacial score (nSPS) is 17.2. The zero-order valence-electron chi connectivity index (χ0n) is 17.8. The Balaban J connectivity index is 2.07. The molecule has 2 N–H and O–H groups in total. The predicted octanol–water partition coefficient (Wildman–Crippen LogP) is 1.71. The Morgan fingerprint density at radius 2 is 1.00 bits per heavy atom. The lowest BCUT2D eigenvalue weighted by Crippen LogP contribution is -2.47. The summed E-state index contributed by atoms with van der Waals surface area (Å²) in [6.45, 7) is 19.6. The van der Waals surface area contributed by atoms with E-state index in [-0.39, 0.29) is 22.6 Å². The van der Waals surface area contributed by atoms with E-state index < -0.39 is 0 Å². The van der Waals surface area contributed by atoms with E-state index in [4.69, 9.17) is 0 Å². The Hall–Kier alpha value is -1.14. The highest BCUT2D eigenvalue weighted by Gasteiger charge is 2.22. The van der Waals surface area contributed by atoms with Crippen molar-refractivity contribution >= 4 is 11.8 Å². The van der Waals surface area contributed by atoms with Gasteiger partial charge in [-0.25, -0.2) is 0 Å². The van der Waals surface area contributed by atoms with Crippen molar-refractivity contribution in [2.24, 2.45) is 10.8 Å². The fourth-order valence-corrected chi connectivity index (χ4v) is 2.78. The third-order valence-electron chi connectivity index (χ3n) is 4.70. The second kappa shape index (κ2) is 10.3. The summed E-state index contributed by atoms with van der Waals surface area (Å²) >= 11 is 0. The van der Waals surface area contributed by atoms with E-state index in [1.807, 2.05) is 41.5 Å². The van der Waals surface area contributed by atoms with Crippen molar-refractivity contribution in [3.05, 3.63) is 0 Å². The number of hydrogen-bond acceptors (Lipinski definition) is 4. The van der Waals surface area contributed by atoms with Gasteiger partial charge in [0.15, 0.2) is 0 Å². The summed E-state index contributed by atoms with van der Waals surface area (Å²) in [5.74, 6) is 0.252. The Kier molecular flexibility index (Phi) is 9.04. The van der Waals surface area contributed by atoms with Gasteiger partial charge in [0.05, 0.1) is 0 Å². The highest BCUT2D eigenvalue weighted by molar-refractivity contribution is 5.81. The maximum Gasteiger partial charge on any atom is 0.225 e. The van der Waals surface area contributed by atoms with Gasteiger partial charge in [0.25, 0.3) is 0 Å². The minimum Gasteiger partial charge on any atom is -0.356 e. The molecule has 1 saturated heterocycles. The molecule has 0 saturated carbocycles. The molecule has 1 aliphatic rings. The molecule has 1 heterocycles. The Morgan fingerprint density at radius 3 is 1.27 bits per heavy atom. The molecule has 2 amide bonds. The number of piperazine rings is 1. The van der Waals surface area contributed by atoms with E-state index in [0.717, 1.165) is 65.2 Å². The Bertz CT molecular complexity index is 402. The first kappa shape index (κ1) is 22.9. The zero-order chi connectivity index (χ0) is 19.8. The van der Waals surface area contributed by atoms with E-state index in [9.17, 15) is 9.59 Å². The lowest BCUT2D eigenvalue weighted by atomic mass is 9.96. The number of amides is 2. The third kappa shape index (κ3) is 8.99. The van der Waals surface area contributed by atoms with Crippen molar-refractivity contribution in [1.29, 1.82) is 0 Å². The van der Waals surface area contributed by atoms with Crippen LogP contribution in [0.15, 0.2) is 0 Å². The van der Waals surface area contributed by atoms with Crippen molar-refractivity contribution in [1.82, 2.24) is 20.4 Å². The van der Waals surface area contributed by atoms with Gasteiger partial charge in [-0.15, -0.1) is 0 Å². The van der Waals surface area contributed by atoms with Crippen molar-refractivity contribution in [3.8, 4) is 0 Å². The van der Waals surface area contributed by atoms with E-state index in [0.29, 0.717) is 0 Å². The maximum atomic E-state index is 11.8. The van der Waals surface area contributed by atoms with Crippen LogP contribution in [0.5, 0.6) is 0 Å². The van der Waals surface area contributed by atoms with Crippen LogP contribution in [0, 0.1) is 10.8 Å². The molecule has 0 aromatic carbocycles. The Morgan fingerprint density at radius 1 is 0.692 bits per heavy atom. The molecular formula is C20H40N4O2. The molecule has 0 aliphatic carbocycles. The van der Waals surface area contributed by atoms with Gasteiger partial charge in [-0.3, -0.25) is 9.59 Å². The maximum absolute atomic E-state index is 11.8. The van der Waals surface area contributed by atoms with Crippen LogP contribution < -0.4 is 10.6 Å². The lowest BCUT2D eigenvalue weighted by molar-refractivity contribution is -0.129. The fourth-order valence-electron chi connectivity index (χ4n) is 2.78. The molecule has 6 heteroatoms. The van der Waals surface area contributed by atoms with Gasteiger partial charge in [0, 0.05) is 50.1 Å². The third-order valence-corrected chi connectivity index (χ3v) is 4.70.